The summed E-state index contributed by atoms with van der Waals surface area (Å²) < 4.78 is 24.6. The zero-order chi connectivity index (χ0) is 13.1. The van der Waals surface area contributed by atoms with E-state index in [4.69, 9.17) is 5.26 Å². The number of hydrogen-bond donors (Lipinski definition) is 0. The summed E-state index contributed by atoms with van der Waals surface area (Å²) in [6, 6.07) is 6.68. The van der Waals surface area contributed by atoms with Crippen molar-refractivity contribution in [1.82, 2.24) is 4.31 Å². The zero-order valence-electron chi connectivity index (χ0n) is 8.90. The lowest BCUT2D eigenvalue weighted by molar-refractivity contribution is -0.387. The summed E-state index contributed by atoms with van der Waals surface area (Å²) in [6.07, 6.45) is 0. The predicted molar refractivity (Wildman–Crippen MR) is 58.5 cm³/mol. The lowest BCUT2D eigenvalue weighted by atomic mass is 10.3. The van der Waals surface area contributed by atoms with Crippen LogP contribution in [0.4, 0.5) is 5.69 Å². The normalized spacial score (nSPS) is 11.1. The minimum Gasteiger partial charge on any atom is -0.258 e. The van der Waals surface area contributed by atoms with Gasteiger partial charge in [-0.15, -0.1) is 0 Å². The van der Waals surface area contributed by atoms with E-state index in [1.807, 2.05) is 0 Å². The lowest BCUT2D eigenvalue weighted by Gasteiger charge is -2.13. The molecule has 0 N–H and O–H groups in total. The Labute approximate surface area is 98.1 Å². The van der Waals surface area contributed by atoms with Crippen molar-refractivity contribution in [3.05, 3.63) is 34.4 Å². The molecule has 0 unspecified atom stereocenters. The van der Waals surface area contributed by atoms with Gasteiger partial charge in [0.05, 0.1) is 11.0 Å². The highest BCUT2D eigenvalue weighted by Crippen LogP contribution is 2.25. The Morgan fingerprint density at radius 3 is 2.59 bits per heavy atom. The standard InChI is InChI=1S/C9H9N3O4S/c1-11(7-6-10)17(15,16)9-5-3-2-4-8(9)12(13)14/h2-5H,7H2,1H3. The van der Waals surface area contributed by atoms with Crippen LogP contribution in [0, 0.1) is 21.4 Å². The van der Waals surface area contributed by atoms with Crippen LogP contribution < -0.4 is 0 Å². The zero-order valence-corrected chi connectivity index (χ0v) is 9.72. The van der Waals surface area contributed by atoms with Crippen LogP contribution in [0.3, 0.4) is 0 Å². The van der Waals surface area contributed by atoms with Gasteiger partial charge in [0.1, 0.15) is 6.54 Å². The van der Waals surface area contributed by atoms with Crippen LogP contribution in [0.1, 0.15) is 0 Å². The first-order valence-corrected chi connectivity index (χ1v) is 5.92. The average molecular weight is 255 g/mol. The SMILES string of the molecule is CN(CC#N)S(=O)(=O)c1ccccc1[N+](=O)[O-]. The van der Waals surface area contributed by atoms with E-state index in [1.54, 1.807) is 6.07 Å². The summed E-state index contributed by atoms with van der Waals surface area (Å²) in [4.78, 5) is 9.52. The molecule has 17 heavy (non-hydrogen) atoms. The Morgan fingerprint density at radius 1 is 1.47 bits per heavy atom. The van der Waals surface area contributed by atoms with Crippen molar-refractivity contribution in [3.63, 3.8) is 0 Å². The highest BCUT2D eigenvalue weighted by atomic mass is 32.2. The molecule has 0 saturated carbocycles. The Morgan fingerprint density at radius 2 is 2.06 bits per heavy atom. The molecule has 7 nitrogen and oxygen atoms in total. The summed E-state index contributed by atoms with van der Waals surface area (Å²) in [5, 5.41) is 19.1. The van der Waals surface area contributed by atoms with Gasteiger partial charge in [-0.25, -0.2) is 8.42 Å². The van der Waals surface area contributed by atoms with Gasteiger partial charge in [-0.05, 0) is 6.07 Å². The van der Waals surface area contributed by atoms with E-state index in [1.165, 1.54) is 19.2 Å². The largest absolute Gasteiger partial charge is 0.289 e. The molecule has 1 rings (SSSR count). The number of nitriles is 1. The molecule has 8 heteroatoms. The molecular formula is C9H9N3O4S. The summed E-state index contributed by atoms with van der Waals surface area (Å²) in [5.74, 6) is 0. The van der Waals surface area contributed by atoms with Gasteiger partial charge in [-0.3, -0.25) is 10.1 Å². The molecule has 1 aromatic carbocycles. The van der Waals surface area contributed by atoms with Gasteiger partial charge in [-0.1, -0.05) is 12.1 Å². The van der Waals surface area contributed by atoms with Crippen LogP contribution in [-0.4, -0.2) is 31.2 Å². The molecule has 90 valence electrons. The average Bonchev–Trinajstić information content (AvgIpc) is 2.29. The maximum atomic E-state index is 11.9. The second kappa shape index (κ2) is 4.90. The third kappa shape index (κ3) is 2.58. The minimum absolute atomic E-state index is 0.367. The number of rotatable bonds is 4. The molecule has 0 radical (unpaired) electrons. The molecule has 0 aliphatic heterocycles. The molecule has 0 aliphatic carbocycles. The van der Waals surface area contributed by atoms with E-state index in [9.17, 15) is 18.5 Å². The number of nitro groups is 1. The highest BCUT2D eigenvalue weighted by Gasteiger charge is 2.28. The molecule has 0 fully saturated rings. The Kier molecular flexibility index (Phi) is 3.77. The third-order valence-corrected chi connectivity index (χ3v) is 3.89. The maximum Gasteiger partial charge on any atom is 0.289 e. The topological polar surface area (TPSA) is 104 Å². The van der Waals surface area contributed by atoms with E-state index in [2.05, 4.69) is 0 Å². The molecule has 0 amide bonds. The number of nitrogens with zero attached hydrogens (tertiary/aromatic N) is 3. The van der Waals surface area contributed by atoms with Crippen LogP contribution in [0.15, 0.2) is 29.2 Å². The predicted octanol–water partition coefficient (Wildman–Crippen LogP) is 0.739. The molecular weight excluding hydrogens is 246 g/mol. The summed E-state index contributed by atoms with van der Waals surface area (Å²) >= 11 is 0. The van der Waals surface area contributed by atoms with Crippen LogP contribution in [0.2, 0.25) is 0 Å². The number of nitro benzene ring substituents is 1. The fourth-order valence-corrected chi connectivity index (χ4v) is 2.40. The summed E-state index contributed by atoms with van der Waals surface area (Å²) in [7, 11) is -2.82. The minimum atomic E-state index is -4.01. The molecule has 0 bridgehead atoms. The quantitative estimate of drug-likeness (QED) is 0.448. The van der Waals surface area contributed by atoms with E-state index in [-0.39, 0.29) is 6.54 Å². The van der Waals surface area contributed by atoms with Gasteiger partial charge in [0, 0.05) is 13.1 Å². The van der Waals surface area contributed by atoms with Gasteiger partial charge >= 0.3 is 0 Å². The van der Waals surface area contributed by atoms with E-state index >= 15 is 0 Å². The molecule has 0 heterocycles. The molecule has 0 spiro atoms. The molecule has 1 aromatic rings. The third-order valence-electron chi connectivity index (χ3n) is 2.04. The van der Waals surface area contributed by atoms with Crippen molar-refractivity contribution in [1.29, 1.82) is 5.26 Å². The lowest BCUT2D eigenvalue weighted by Crippen LogP contribution is -2.27. The van der Waals surface area contributed by atoms with Crippen LogP contribution >= 0.6 is 0 Å². The first-order valence-electron chi connectivity index (χ1n) is 4.48. The van der Waals surface area contributed by atoms with Crippen LogP contribution in [0.25, 0.3) is 0 Å². The van der Waals surface area contributed by atoms with E-state index in [0.29, 0.717) is 0 Å². The number of sulfonamides is 1. The van der Waals surface area contributed by atoms with Crippen molar-refractivity contribution in [2.75, 3.05) is 13.6 Å². The van der Waals surface area contributed by atoms with Gasteiger partial charge in [0.2, 0.25) is 0 Å². The highest BCUT2D eigenvalue weighted by molar-refractivity contribution is 7.89. The van der Waals surface area contributed by atoms with Gasteiger partial charge in [0.15, 0.2) is 4.90 Å². The fraction of sp³-hybridized carbons (Fsp3) is 0.222. The molecule has 0 atom stereocenters. The summed E-state index contributed by atoms with van der Waals surface area (Å²) in [6.45, 7) is -0.367. The summed E-state index contributed by atoms with van der Waals surface area (Å²) in [5.41, 5.74) is -0.503. The first kappa shape index (κ1) is 13.1. The molecule has 0 aromatic heterocycles. The van der Waals surface area contributed by atoms with Crippen LogP contribution in [-0.2, 0) is 10.0 Å². The first-order chi connectivity index (χ1) is 7.91. The molecule has 0 aliphatic rings. The van der Waals surface area contributed by atoms with Gasteiger partial charge in [0.25, 0.3) is 15.7 Å². The van der Waals surface area contributed by atoms with E-state index < -0.39 is 25.5 Å². The Balaban J connectivity index is 3.35. The monoisotopic (exact) mass is 255 g/mol. The van der Waals surface area contributed by atoms with Gasteiger partial charge < -0.3 is 0 Å². The molecule has 0 saturated heterocycles. The maximum absolute atomic E-state index is 11.9. The van der Waals surface area contributed by atoms with Crippen molar-refractivity contribution in [2.45, 2.75) is 4.90 Å². The number of benzene rings is 1. The van der Waals surface area contributed by atoms with Crippen molar-refractivity contribution >= 4 is 15.7 Å². The van der Waals surface area contributed by atoms with Gasteiger partial charge in [-0.2, -0.15) is 9.57 Å². The smallest absolute Gasteiger partial charge is 0.258 e. The van der Waals surface area contributed by atoms with Crippen molar-refractivity contribution in [3.8, 4) is 6.07 Å². The van der Waals surface area contributed by atoms with Crippen LogP contribution in [0.5, 0.6) is 0 Å². The Hall–Kier alpha value is -1.98. The Bertz CT molecular complexity index is 576. The van der Waals surface area contributed by atoms with E-state index in [0.717, 1.165) is 16.4 Å². The van der Waals surface area contributed by atoms with Crippen molar-refractivity contribution < 1.29 is 13.3 Å². The number of para-hydroxylation sites is 1. The number of hydrogen-bond acceptors (Lipinski definition) is 5. The fourth-order valence-electron chi connectivity index (χ4n) is 1.18. The van der Waals surface area contributed by atoms with Crippen molar-refractivity contribution in [2.24, 2.45) is 0 Å². The second-order valence-electron chi connectivity index (χ2n) is 3.14. The second-order valence-corrected chi connectivity index (χ2v) is 5.16.